The fraction of sp³-hybridized carbons (Fsp3) is 0.167. The normalized spacial score (nSPS) is 13.2. The zero-order chi connectivity index (χ0) is 10.1. The van der Waals surface area contributed by atoms with E-state index >= 15 is 0 Å². The Balaban J connectivity index is 3.15. The lowest BCUT2D eigenvalue weighted by atomic mass is 10.3. The molecule has 5 nitrogen and oxygen atoms in total. The Morgan fingerprint density at radius 2 is 2.23 bits per heavy atom. The average Bonchev–Trinajstić information content (AvgIpc) is 2.50. The Kier molecular flexibility index (Phi) is 2.69. The molecule has 13 heavy (non-hydrogen) atoms. The number of oxime groups is 1. The van der Waals surface area contributed by atoms with Gasteiger partial charge in [-0.3, -0.25) is 4.55 Å². The molecule has 2 N–H and O–H groups in total. The van der Waals surface area contributed by atoms with Gasteiger partial charge in [0.05, 0.1) is 10.6 Å². The van der Waals surface area contributed by atoms with Crippen LogP contribution in [0.15, 0.2) is 21.5 Å². The van der Waals surface area contributed by atoms with E-state index in [1.54, 1.807) is 0 Å². The molecule has 0 atom stereocenters. The molecule has 0 aliphatic carbocycles. The Labute approximate surface area is 79.1 Å². The summed E-state index contributed by atoms with van der Waals surface area (Å²) in [6, 6.07) is 1.25. The third kappa shape index (κ3) is 2.27. The Morgan fingerprint density at radius 1 is 1.62 bits per heavy atom. The molecule has 0 saturated heterocycles. The molecule has 1 aromatic heterocycles. The van der Waals surface area contributed by atoms with Gasteiger partial charge in [-0.1, -0.05) is 5.16 Å². The standard InChI is InChI=1S/C6H7NO4S2/c1-4(7-8)6-2-5(3-12-6)13(9,10)11/h2-3,8H,1H3,(H,9,10,11)/b7-4-. The van der Waals surface area contributed by atoms with Crippen molar-refractivity contribution in [1.82, 2.24) is 0 Å². The molecule has 0 unspecified atom stereocenters. The van der Waals surface area contributed by atoms with Gasteiger partial charge in [0.2, 0.25) is 0 Å². The van der Waals surface area contributed by atoms with E-state index in [0.717, 1.165) is 11.3 Å². The van der Waals surface area contributed by atoms with Gasteiger partial charge in [0.25, 0.3) is 10.1 Å². The molecule has 0 spiro atoms. The van der Waals surface area contributed by atoms with E-state index in [1.165, 1.54) is 18.4 Å². The van der Waals surface area contributed by atoms with Gasteiger partial charge in [0.1, 0.15) is 4.90 Å². The summed E-state index contributed by atoms with van der Waals surface area (Å²) in [6.07, 6.45) is 0. The van der Waals surface area contributed by atoms with Crippen molar-refractivity contribution in [2.75, 3.05) is 0 Å². The molecule has 0 saturated carbocycles. The summed E-state index contributed by atoms with van der Waals surface area (Å²) in [5, 5.41) is 12.6. The van der Waals surface area contributed by atoms with Crippen LogP contribution in [0, 0.1) is 0 Å². The summed E-state index contributed by atoms with van der Waals surface area (Å²) in [5.74, 6) is 0. The fourth-order valence-corrected chi connectivity index (χ4v) is 2.38. The van der Waals surface area contributed by atoms with Crippen LogP contribution in [0.5, 0.6) is 0 Å². The van der Waals surface area contributed by atoms with Crippen LogP contribution < -0.4 is 0 Å². The van der Waals surface area contributed by atoms with Gasteiger partial charge in [-0.15, -0.1) is 11.3 Å². The van der Waals surface area contributed by atoms with Crippen LogP contribution in [-0.2, 0) is 10.1 Å². The van der Waals surface area contributed by atoms with Crippen molar-refractivity contribution in [2.45, 2.75) is 11.8 Å². The minimum absolute atomic E-state index is 0.185. The number of hydrogen-bond donors (Lipinski definition) is 2. The van der Waals surface area contributed by atoms with Crippen molar-refractivity contribution in [3.05, 3.63) is 16.3 Å². The molecule has 1 rings (SSSR count). The van der Waals surface area contributed by atoms with Crippen LogP contribution >= 0.6 is 11.3 Å². The van der Waals surface area contributed by atoms with Crippen molar-refractivity contribution >= 4 is 27.2 Å². The lowest BCUT2D eigenvalue weighted by Crippen LogP contribution is -1.96. The van der Waals surface area contributed by atoms with Crippen molar-refractivity contribution in [3.8, 4) is 0 Å². The highest BCUT2D eigenvalue weighted by molar-refractivity contribution is 7.86. The summed E-state index contributed by atoms with van der Waals surface area (Å²) in [4.78, 5) is 0.311. The van der Waals surface area contributed by atoms with E-state index in [-0.39, 0.29) is 4.90 Å². The molecule has 0 aromatic carbocycles. The van der Waals surface area contributed by atoms with Gasteiger partial charge >= 0.3 is 0 Å². The third-order valence-corrected chi connectivity index (χ3v) is 3.40. The molecule has 72 valence electrons. The number of rotatable bonds is 2. The largest absolute Gasteiger partial charge is 0.411 e. The topological polar surface area (TPSA) is 87.0 Å². The van der Waals surface area contributed by atoms with Crippen LogP contribution in [-0.4, -0.2) is 23.9 Å². The highest BCUT2D eigenvalue weighted by atomic mass is 32.2. The Morgan fingerprint density at radius 3 is 2.62 bits per heavy atom. The Bertz CT molecular complexity index is 431. The van der Waals surface area contributed by atoms with Crippen molar-refractivity contribution in [3.63, 3.8) is 0 Å². The van der Waals surface area contributed by atoms with Gasteiger partial charge < -0.3 is 5.21 Å². The van der Waals surface area contributed by atoms with Gasteiger partial charge in [0.15, 0.2) is 0 Å². The van der Waals surface area contributed by atoms with Crippen molar-refractivity contribution < 1.29 is 18.2 Å². The minimum atomic E-state index is -4.15. The van der Waals surface area contributed by atoms with E-state index in [0.29, 0.717) is 10.6 Å². The first-order valence-corrected chi connectivity index (χ1v) is 5.52. The van der Waals surface area contributed by atoms with Gasteiger partial charge in [-0.05, 0) is 13.0 Å². The monoisotopic (exact) mass is 221 g/mol. The predicted octanol–water partition coefficient (Wildman–Crippen LogP) is 1.19. The molecule has 0 aliphatic rings. The molecule has 0 fully saturated rings. The second-order valence-corrected chi connectivity index (χ2v) is 4.64. The van der Waals surface area contributed by atoms with E-state index in [4.69, 9.17) is 9.76 Å². The molecule has 0 amide bonds. The summed E-state index contributed by atoms with van der Waals surface area (Å²) < 4.78 is 29.9. The van der Waals surface area contributed by atoms with E-state index in [2.05, 4.69) is 5.16 Å². The maximum Gasteiger partial charge on any atom is 0.295 e. The van der Waals surface area contributed by atoms with Crippen molar-refractivity contribution in [2.24, 2.45) is 5.16 Å². The first-order valence-electron chi connectivity index (χ1n) is 3.20. The molecular weight excluding hydrogens is 214 g/mol. The van der Waals surface area contributed by atoms with Crippen LogP contribution in [0.4, 0.5) is 0 Å². The van der Waals surface area contributed by atoms with Gasteiger partial charge in [-0.25, -0.2) is 0 Å². The van der Waals surface area contributed by atoms with Crippen LogP contribution in [0.3, 0.4) is 0 Å². The minimum Gasteiger partial charge on any atom is -0.411 e. The zero-order valence-corrected chi connectivity index (χ0v) is 8.26. The van der Waals surface area contributed by atoms with Gasteiger partial charge in [0, 0.05) is 5.38 Å². The van der Waals surface area contributed by atoms with Crippen LogP contribution in [0.25, 0.3) is 0 Å². The molecule has 7 heteroatoms. The maximum absolute atomic E-state index is 10.6. The molecule has 1 heterocycles. The second-order valence-electron chi connectivity index (χ2n) is 2.31. The first-order chi connectivity index (χ1) is 5.95. The van der Waals surface area contributed by atoms with Gasteiger partial charge in [-0.2, -0.15) is 8.42 Å². The molecule has 1 aromatic rings. The van der Waals surface area contributed by atoms with E-state index in [9.17, 15) is 8.42 Å². The second kappa shape index (κ2) is 3.44. The maximum atomic E-state index is 10.6. The molecule has 0 aliphatic heterocycles. The van der Waals surface area contributed by atoms with Crippen LogP contribution in [0.1, 0.15) is 11.8 Å². The lowest BCUT2D eigenvalue weighted by molar-refractivity contribution is 0.319. The summed E-state index contributed by atoms with van der Waals surface area (Å²) in [7, 11) is -4.15. The SMILES string of the molecule is C/C(=N/O)c1cc(S(=O)(=O)O)cs1. The lowest BCUT2D eigenvalue weighted by Gasteiger charge is -1.89. The summed E-state index contributed by atoms with van der Waals surface area (Å²) in [5.41, 5.74) is 0.305. The number of thiophene rings is 1. The molecular formula is C6H7NO4S2. The summed E-state index contributed by atoms with van der Waals surface area (Å²) >= 11 is 1.08. The van der Waals surface area contributed by atoms with E-state index in [1.807, 2.05) is 0 Å². The number of nitrogens with zero attached hydrogens (tertiary/aromatic N) is 1. The fourth-order valence-electron chi connectivity index (χ4n) is 0.693. The highest BCUT2D eigenvalue weighted by Gasteiger charge is 2.13. The molecule has 0 radical (unpaired) electrons. The summed E-state index contributed by atoms with van der Waals surface area (Å²) in [6.45, 7) is 1.53. The molecule has 0 bridgehead atoms. The number of hydrogen-bond acceptors (Lipinski definition) is 5. The third-order valence-electron chi connectivity index (χ3n) is 1.38. The predicted molar refractivity (Wildman–Crippen MR) is 48.1 cm³/mol. The Hall–Kier alpha value is -0.920. The van der Waals surface area contributed by atoms with Crippen LogP contribution in [0.2, 0.25) is 0 Å². The van der Waals surface area contributed by atoms with Crippen molar-refractivity contribution in [1.29, 1.82) is 0 Å². The average molecular weight is 221 g/mol. The highest BCUT2D eigenvalue weighted by Crippen LogP contribution is 2.19. The van der Waals surface area contributed by atoms with E-state index < -0.39 is 10.1 Å². The quantitative estimate of drug-likeness (QED) is 0.340. The first kappa shape index (κ1) is 10.2. The zero-order valence-electron chi connectivity index (χ0n) is 6.63. The smallest absolute Gasteiger partial charge is 0.295 e.